The summed E-state index contributed by atoms with van der Waals surface area (Å²) < 4.78 is 1.84. The number of hydrogen-bond acceptors (Lipinski definition) is 3. The molecule has 2 N–H and O–H groups in total. The highest BCUT2D eigenvalue weighted by molar-refractivity contribution is 6.30. The summed E-state index contributed by atoms with van der Waals surface area (Å²) in [4.78, 5) is 12.2. The lowest BCUT2D eigenvalue weighted by Gasteiger charge is -2.07. The largest absolute Gasteiger partial charge is 0.311 e. The fourth-order valence-electron chi connectivity index (χ4n) is 2.54. The number of nitrogens with one attached hydrogen (secondary N) is 2. The number of hydrogen-bond donors (Lipinski definition) is 2. The lowest BCUT2D eigenvalue weighted by Crippen LogP contribution is -2.16. The van der Waals surface area contributed by atoms with Gasteiger partial charge in [0.05, 0.1) is 11.9 Å². The number of aryl methyl sites for hydroxylation is 3. The quantitative estimate of drug-likeness (QED) is 0.743. The maximum absolute atomic E-state index is 12.2. The number of aromatic nitrogens is 4. The van der Waals surface area contributed by atoms with E-state index >= 15 is 0 Å². The van der Waals surface area contributed by atoms with Crippen LogP contribution in [0.5, 0.6) is 0 Å². The molecule has 0 fully saturated rings. The van der Waals surface area contributed by atoms with Gasteiger partial charge in [0.15, 0.2) is 0 Å². The van der Waals surface area contributed by atoms with Gasteiger partial charge in [0.2, 0.25) is 5.91 Å². The second-order valence-electron chi connectivity index (χ2n) is 5.61. The van der Waals surface area contributed by atoms with Crippen LogP contribution in [0, 0.1) is 13.8 Å². The monoisotopic (exact) mass is 343 g/mol. The third-order valence-corrected chi connectivity index (χ3v) is 3.96. The number of carbonyl (C=O) groups excluding carboxylic acids is 1. The zero-order valence-corrected chi connectivity index (χ0v) is 14.3. The molecule has 0 bridgehead atoms. The van der Waals surface area contributed by atoms with Crippen molar-refractivity contribution in [3.63, 3.8) is 0 Å². The summed E-state index contributed by atoms with van der Waals surface area (Å²) in [6.45, 7) is 4.45. The number of anilines is 1. The Morgan fingerprint density at radius 3 is 2.71 bits per heavy atom. The van der Waals surface area contributed by atoms with E-state index < -0.39 is 0 Å². The first kappa shape index (κ1) is 16.3. The van der Waals surface area contributed by atoms with E-state index in [4.69, 9.17) is 11.6 Å². The smallest absolute Gasteiger partial charge is 0.227 e. The number of benzene rings is 1. The summed E-state index contributed by atoms with van der Waals surface area (Å²) in [7, 11) is 0. The number of nitrogens with zero attached hydrogens (tertiary/aromatic N) is 3. The van der Waals surface area contributed by atoms with Crippen LogP contribution in [-0.4, -0.2) is 25.9 Å². The number of carbonyl (C=O) groups is 1. The second-order valence-corrected chi connectivity index (χ2v) is 6.05. The molecular weight excluding hydrogens is 326 g/mol. The van der Waals surface area contributed by atoms with Crippen molar-refractivity contribution in [3.05, 3.63) is 52.9 Å². The first-order valence-electron chi connectivity index (χ1n) is 7.63. The van der Waals surface area contributed by atoms with Gasteiger partial charge in [-0.3, -0.25) is 14.6 Å². The van der Waals surface area contributed by atoms with Gasteiger partial charge in [-0.2, -0.15) is 10.2 Å². The topological polar surface area (TPSA) is 75.6 Å². The van der Waals surface area contributed by atoms with E-state index in [0.717, 1.165) is 22.5 Å². The maximum Gasteiger partial charge on any atom is 0.227 e. The molecule has 0 aliphatic heterocycles. The zero-order valence-electron chi connectivity index (χ0n) is 13.5. The first-order chi connectivity index (χ1) is 11.5. The maximum atomic E-state index is 12.2. The van der Waals surface area contributed by atoms with Gasteiger partial charge in [0.1, 0.15) is 5.82 Å². The molecule has 0 unspecified atom stereocenters. The number of halogens is 1. The molecule has 0 atom stereocenters. The van der Waals surface area contributed by atoms with Gasteiger partial charge < -0.3 is 5.32 Å². The summed E-state index contributed by atoms with van der Waals surface area (Å²) in [5.41, 5.74) is 3.75. The molecule has 3 aromatic rings. The Morgan fingerprint density at radius 1 is 1.29 bits per heavy atom. The van der Waals surface area contributed by atoms with Gasteiger partial charge in [-0.1, -0.05) is 23.7 Å². The molecule has 1 amide bonds. The summed E-state index contributed by atoms with van der Waals surface area (Å²) in [6, 6.07) is 9.37. The Bertz CT molecular complexity index is 850. The van der Waals surface area contributed by atoms with E-state index in [1.54, 1.807) is 18.3 Å². The van der Waals surface area contributed by atoms with E-state index in [0.29, 0.717) is 23.8 Å². The summed E-state index contributed by atoms with van der Waals surface area (Å²) >= 11 is 5.91. The lowest BCUT2D eigenvalue weighted by molar-refractivity contribution is -0.116. The SMILES string of the molecule is Cc1cc(C)n(CCC(=O)Nc2[nH]ncc2-c2ccc(Cl)cc2)n1. The standard InChI is InChI=1S/C17H18ClN5O/c1-11-9-12(2)23(22-11)8-7-16(24)20-17-15(10-19-21-17)13-3-5-14(18)6-4-13/h3-6,9-10H,7-8H2,1-2H3,(H2,19,20,21,24). The number of rotatable bonds is 5. The molecule has 2 heterocycles. The van der Waals surface area contributed by atoms with Crippen LogP contribution in [0.3, 0.4) is 0 Å². The van der Waals surface area contributed by atoms with Gasteiger partial charge >= 0.3 is 0 Å². The minimum atomic E-state index is -0.0954. The Morgan fingerprint density at radius 2 is 2.04 bits per heavy atom. The Balaban J connectivity index is 1.66. The second kappa shape index (κ2) is 6.88. The number of amides is 1. The highest BCUT2D eigenvalue weighted by Crippen LogP contribution is 2.27. The fraction of sp³-hybridized carbons (Fsp3) is 0.235. The summed E-state index contributed by atoms with van der Waals surface area (Å²) in [5.74, 6) is 0.484. The van der Waals surface area contributed by atoms with Crippen LogP contribution in [0.2, 0.25) is 5.02 Å². The fourth-order valence-corrected chi connectivity index (χ4v) is 2.67. The van der Waals surface area contributed by atoms with Gasteiger partial charge in [-0.05, 0) is 37.6 Å². The van der Waals surface area contributed by atoms with Crippen molar-refractivity contribution in [2.45, 2.75) is 26.8 Å². The number of aromatic amines is 1. The van der Waals surface area contributed by atoms with Crippen LogP contribution < -0.4 is 5.32 Å². The highest BCUT2D eigenvalue weighted by atomic mass is 35.5. The third kappa shape index (κ3) is 3.65. The minimum absolute atomic E-state index is 0.0954. The Hall–Kier alpha value is -2.60. The molecule has 24 heavy (non-hydrogen) atoms. The lowest BCUT2D eigenvalue weighted by atomic mass is 10.1. The van der Waals surface area contributed by atoms with Crippen LogP contribution in [0.1, 0.15) is 17.8 Å². The van der Waals surface area contributed by atoms with E-state index in [1.165, 1.54) is 0 Å². The van der Waals surface area contributed by atoms with E-state index in [1.807, 2.05) is 36.7 Å². The Kier molecular flexibility index (Phi) is 4.66. The molecule has 0 spiro atoms. The van der Waals surface area contributed by atoms with Crippen molar-refractivity contribution in [2.24, 2.45) is 0 Å². The first-order valence-corrected chi connectivity index (χ1v) is 8.01. The Labute approximate surface area is 144 Å². The predicted molar refractivity (Wildman–Crippen MR) is 94.0 cm³/mol. The van der Waals surface area contributed by atoms with Crippen molar-refractivity contribution >= 4 is 23.3 Å². The summed E-state index contributed by atoms with van der Waals surface area (Å²) in [5, 5.41) is 14.7. The third-order valence-electron chi connectivity index (χ3n) is 3.71. The van der Waals surface area contributed by atoms with Crippen molar-refractivity contribution in [3.8, 4) is 11.1 Å². The minimum Gasteiger partial charge on any atom is -0.311 e. The highest BCUT2D eigenvalue weighted by Gasteiger charge is 2.12. The zero-order chi connectivity index (χ0) is 17.1. The van der Waals surface area contributed by atoms with E-state index in [9.17, 15) is 4.79 Å². The average Bonchev–Trinajstić information content (AvgIpc) is 3.12. The molecule has 124 valence electrons. The predicted octanol–water partition coefficient (Wildman–Crippen LogP) is 3.57. The van der Waals surface area contributed by atoms with E-state index in [2.05, 4.69) is 20.6 Å². The average molecular weight is 344 g/mol. The molecule has 2 aromatic heterocycles. The van der Waals surface area contributed by atoms with Gasteiger partial charge in [-0.25, -0.2) is 0 Å². The molecule has 6 nitrogen and oxygen atoms in total. The number of H-pyrrole nitrogens is 1. The van der Waals surface area contributed by atoms with Crippen LogP contribution in [0.4, 0.5) is 5.82 Å². The van der Waals surface area contributed by atoms with Gasteiger partial charge in [0, 0.05) is 29.2 Å². The van der Waals surface area contributed by atoms with Crippen LogP contribution in [0.25, 0.3) is 11.1 Å². The van der Waals surface area contributed by atoms with Crippen molar-refractivity contribution in [1.82, 2.24) is 20.0 Å². The molecule has 0 saturated heterocycles. The van der Waals surface area contributed by atoms with Crippen molar-refractivity contribution in [2.75, 3.05) is 5.32 Å². The van der Waals surface area contributed by atoms with Gasteiger partial charge in [-0.15, -0.1) is 0 Å². The molecule has 0 aliphatic rings. The normalized spacial score (nSPS) is 10.8. The van der Waals surface area contributed by atoms with Crippen molar-refractivity contribution in [1.29, 1.82) is 0 Å². The molecular formula is C17H18ClN5O. The van der Waals surface area contributed by atoms with Crippen LogP contribution >= 0.6 is 11.6 Å². The van der Waals surface area contributed by atoms with Crippen molar-refractivity contribution < 1.29 is 4.79 Å². The molecule has 1 aromatic carbocycles. The van der Waals surface area contributed by atoms with Crippen LogP contribution in [0.15, 0.2) is 36.5 Å². The molecule has 0 radical (unpaired) electrons. The van der Waals surface area contributed by atoms with E-state index in [-0.39, 0.29) is 5.91 Å². The molecule has 0 saturated carbocycles. The summed E-state index contributed by atoms with van der Waals surface area (Å²) in [6.07, 6.45) is 2.01. The van der Waals surface area contributed by atoms with Gasteiger partial charge in [0.25, 0.3) is 0 Å². The van der Waals surface area contributed by atoms with Crippen LogP contribution in [-0.2, 0) is 11.3 Å². The molecule has 7 heteroatoms. The molecule has 0 aliphatic carbocycles. The molecule has 3 rings (SSSR count).